The van der Waals surface area contributed by atoms with Crippen LogP contribution in [0.1, 0.15) is 5.56 Å². The predicted molar refractivity (Wildman–Crippen MR) is 124 cm³/mol. The third-order valence-electron chi connectivity index (χ3n) is 5.37. The number of rotatable bonds is 5. The molecule has 1 aliphatic rings. The van der Waals surface area contributed by atoms with Crippen LogP contribution in [0.5, 0.6) is 17.2 Å². The average molecular weight is 431 g/mol. The van der Waals surface area contributed by atoms with E-state index >= 15 is 0 Å². The summed E-state index contributed by atoms with van der Waals surface area (Å²) < 4.78 is 16.6. The number of aromatic nitrogens is 1. The van der Waals surface area contributed by atoms with E-state index in [1.165, 1.54) is 4.90 Å². The first-order valence-corrected chi connectivity index (χ1v) is 10.8. The predicted octanol–water partition coefficient (Wildman–Crippen LogP) is 6.06. The highest BCUT2D eigenvalue weighted by Gasteiger charge is 2.26. The summed E-state index contributed by atoms with van der Waals surface area (Å²) in [5.41, 5.74) is 3.16. The number of pyridine rings is 1. The van der Waals surface area contributed by atoms with Crippen LogP contribution in [0.3, 0.4) is 0 Å². The fourth-order valence-electron chi connectivity index (χ4n) is 3.92. The quantitative estimate of drug-likeness (QED) is 0.383. The lowest BCUT2D eigenvalue weighted by Gasteiger charge is -2.32. The Morgan fingerprint density at radius 2 is 1.52 bits per heavy atom. The molecule has 0 saturated heterocycles. The van der Waals surface area contributed by atoms with Crippen LogP contribution in [0.4, 0.5) is 11.5 Å². The van der Waals surface area contributed by atoms with Crippen molar-refractivity contribution >= 4 is 34.2 Å². The number of benzene rings is 3. The van der Waals surface area contributed by atoms with Gasteiger partial charge in [-0.1, -0.05) is 42.1 Å². The third-order valence-corrected chi connectivity index (χ3v) is 6.45. The van der Waals surface area contributed by atoms with Gasteiger partial charge in [0.25, 0.3) is 0 Å². The molecule has 5 nitrogen and oxygen atoms in total. The minimum Gasteiger partial charge on any atom is -0.493 e. The minimum absolute atomic E-state index is 0.591. The molecule has 0 radical (unpaired) electrons. The molecule has 0 amide bonds. The van der Waals surface area contributed by atoms with E-state index in [4.69, 9.17) is 19.2 Å². The number of ether oxygens (including phenoxy) is 3. The maximum atomic E-state index is 5.56. The van der Waals surface area contributed by atoms with Gasteiger partial charge in [0, 0.05) is 16.8 Å². The summed E-state index contributed by atoms with van der Waals surface area (Å²) >= 11 is 1.76. The van der Waals surface area contributed by atoms with Crippen molar-refractivity contribution in [2.24, 2.45) is 0 Å². The third kappa shape index (κ3) is 3.43. The summed E-state index contributed by atoms with van der Waals surface area (Å²) in [5, 5.41) is 1.14. The fourth-order valence-corrected chi connectivity index (χ4v) is 5.02. The zero-order valence-corrected chi connectivity index (χ0v) is 18.4. The molecule has 0 spiro atoms. The van der Waals surface area contributed by atoms with E-state index in [1.54, 1.807) is 33.1 Å². The summed E-state index contributed by atoms with van der Waals surface area (Å²) in [6.07, 6.45) is 0. The molecule has 3 aromatic carbocycles. The van der Waals surface area contributed by atoms with E-state index in [1.807, 2.05) is 24.3 Å². The van der Waals surface area contributed by atoms with E-state index in [2.05, 4.69) is 47.4 Å². The Morgan fingerprint density at radius 1 is 0.806 bits per heavy atom. The van der Waals surface area contributed by atoms with Crippen LogP contribution in [0.25, 0.3) is 10.9 Å². The van der Waals surface area contributed by atoms with Crippen molar-refractivity contribution in [3.63, 3.8) is 0 Å². The van der Waals surface area contributed by atoms with Crippen LogP contribution in [-0.2, 0) is 6.54 Å². The van der Waals surface area contributed by atoms with Crippen LogP contribution >= 0.6 is 11.8 Å². The molecule has 6 heteroatoms. The second kappa shape index (κ2) is 8.04. The van der Waals surface area contributed by atoms with Gasteiger partial charge in [-0.2, -0.15) is 0 Å². The smallest absolute Gasteiger partial charge is 0.203 e. The van der Waals surface area contributed by atoms with Gasteiger partial charge < -0.3 is 19.1 Å². The molecule has 0 unspecified atom stereocenters. The van der Waals surface area contributed by atoms with Crippen LogP contribution in [-0.4, -0.2) is 26.3 Å². The molecule has 0 aliphatic carbocycles. The highest BCUT2D eigenvalue weighted by Crippen LogP contribution is 2.49. The van der Waals surface area contributed by atoms with Crippen LogP contribution in [0.2, 0.25) is 0 Å². The molecule has 0 saturated carbocycles. The lowest BCUT2D eigenvalue weighted by atomic mass is 10.1. The van der Waals surface area contributed by atoms with Crippen LogP contribution in [0.15, 0.2) is 76.5 Å². The molecule has 0 N–H and O–H groups in total. The molecule has 4 aromatic rings. The topological polar surface area (TPSA) is 43.8 Å². The summed E-state index contributed by atoms with van der Waals surface area (Å²) in [6.45, 7) is 0.618. The van der Waals surface area contributed by atoms with Crippen molar-refractivity contribution in [3.05, 3.63) is 72.3 Å². The summed E-state index contributed by atoms with van der Waals surface area (Å²) in [7, 11) is 4.89. The van der Waals surface area contributed by atoms with Crippen LogP contribution < -0.4 is 19.1 Å². The zero-order valence-electron chi connectivity index (χ0n) is 17.6. The Hall–Kier alpha value is -3.38. The van der Waals surface area contributed by atoms with Gasteiger partial charge in [0.1, 0.15) is 5.82 Å². The SMILES string of the molecule is COc1cc(CN2c3ccccc3Sc3cc4ccccc4nc32)cc(OC)c1OC. The molecule has 0 atom stereocenters. The number of para-hydroxylation sites is 2. The van der Waals surface area contributed by atoms with Gasteiger partial charge in [0.15, 0.2) is 11.5 Å². The van der Waals surface area contributed by atoms with E-state index in [-0.39, 0.29) is 0 Å². The number of nitrogens with zero attached hydrogens (tertiary/aromatic N) is 2. The van der Waals surface area contributed by atoms with Crippen molar-refractivity contribution in [1.82, 2.24) is 4.98 Å². The average Bonchev–Trinajstić information content (AvgIpc) is 2.82. The monoisotopic (exact) mass is 430 g/mol. The van der Waals surface area contributed by atoms with Crippen LogP contribution in [0, 0.1) is 0 Å². The normalized spacial score (nSPS) is 12.3. The highest BCUT2D eigenvalue weighted by atomic mass is 32.2. The van der Waals surface area contributed by atoms with Crippen molar-refractivity contribution in [2.45, 2.75) is 16.3 Å². The molecular formula is C25H22N2O3S. The summed E-state index contributed by atoms with van der Waals surface area (Å²) in [5.74, 6) is 2.83. The first-order chi connectivity index (χ1) is 15.2. The van der Waals surface area contributed by atoms with Gasteiger partial charge in [-0.15, -0.1) is 0 Å². The Labute approximate surface area is 185 Å². The van der Waals surface area contributed by atoms with Crippen molar-refractivity contribution in [3.8, 4) is 17.2 Å². The Balaban J connectivity index is 1.65. The first kappa shape index (κ1) is 19.6. The number of methoxy groups -OCH3 is 3. The van der Waals surface area contributed by atoms with E-state index in [0.29, 0.717) is 23.8 Å². The fraction of sp³-hybridized carbons (Fsp3) is 0.160. The molecule has 1 aromatic heterocycles. The van der Waals surface area contributed by atoms with E-state index < -0.39 is 0 Å². The van der Waals surface area contributed by atoms with Gasteiger partial charge >= 0.3 is 0 Å². The van der Waals surface area contributed by atoms with Gasteiger partial charge in [-0.3, -0.25) is 0 Å². The molecule has 156 valence electrons. The lowest BCUT2D eigenvalue weighted by Crippen LogP contribution is -2.21. The van der Waals surface area contributed by atoms with Gasteiger partial charge in [0.2, 0.25) is 5.75 Å². The van der Waals surface area contributed by atoms with E-state index in [0.717, 1.165) is 32.9 Å². The second-order valence-corrected chi connectivity index (χ2v) is 8.28. The highest BCUT2D eigenvalue weighted by molar-refractivity contribution is 7.99. The van der Waals surface area contributed by atoms with Crippen molar-refractivity contribution < 1.29 is 14.2 Å². The molecule has 2 heterocycles. The first-order valence-electron chi connectivity index (χ1n) is 9.95. The molecule has 0 fully saturated rings. The van der Waals surface area contributed by atoms with Crippen molar-refractivity contribution in [1.29, 1.82) is 0 Å². The summed E-state index contributed by atoms with van der Waals surface area (Å²) in [4.78, 5) is 9.64. The van der Waals surface area contributed by atoms with E-state index in [9.17, 15) is 0 Å². The summed E-state index contributed by atoms with van der Waals surface area (Å²) in [6, 6.07) is 22.9. The molecule has 5 rings (SSSR count). The van der Waals surface area contributed by atoms with Gasteiger partial charge in [-0.25, -0.2) is 4.98 Å². The number of fused-ring (bicyclic) bond motifs is 3. The standard InChI is InChI=1S/C25H22N2O3S/c1-28-20-12-16(13-21(29-2)24(20)30-3)15-27-19-10-6-7-11-22(19)31-23-14-17-8-4-5-9-18(17)26-25(23)27/h4-14H,15H2,1-3H3. The minimum atomic E-state index is 0.591. The van der Waals surface area contributed by atoms with Gasteiger partial charge in [0.05, 0.1) is 37.4 Å². The Morgan fingerprint density at radius 3 is 2.26 bits per heavy atom. The number of hydrogen-bond acceptors (Lipinski definition) is 6. The van der Waals surface area contributed by atoms with Gasteiger partial charge in [-0.05, 0) is 42.0 Å². The lowest BCUT2D eigenvalue weighted by molar-refractivity contribution is 0.324. The number of anilines is 2. The molecule has 31 heavy (non-hydrogen) atoms. The zero-order chi connectivity index (χ0) is 21.4. The maximum absolute atomic E-state index is 5.56. The Bertz CT molecular complexity index is 1250. The maximum Gasteiger partial charge on any atom is 0.203 e. The number of hydrogen-bond donors (Lipinski definition) is 0. The molecule has 1 aliphatic heterocycles. The van der Waals surface area contributed by atoms with Crippen molar-refractivity contribution in [2.75, 3.05) is 26.2 Å². The Kier molecular flexibility index (Phi) is 5.08. The molecular weight excluding hydrogens is 408 g/mol. The largest absolute Gasteiger partial charge is 0.493 e. The second-order valence-electron chi connectivity index (χ2n) is 7.19. The molecule has 0 bridgehead atoms.